The molecule has 1 saturated heterocycles. The lowest BCUT2D eigenvalue weighted by Crippen LogP contribution is -2.34. The van der Waals surface area contributed by atoms with Crippen molar-refractivity contribution in [2.75, 3.05) is 30.5 Å². The molecule has 1 aromatic heterocycles. The summed E-state index contributed by atoms with van der Waals surface area (Å²) < 4.78 is 5.37. The normalized spacial score (nSPS) is 16.9. The molecule has 0 bridgehead atoms. The number of nitrogens with one attached hydrogen (secondary N) is 1. The Labute approximate surface area is 156 Å². The molecule has 1 N–H and O–H groups in total. The summed E-state index contributed by atoms with van der Waals surface area (Å²) in [5.41, 5.74) is 3.69. The van der Waals surface area contributed by atoms with Gasteiger partial charge in [0.1, 0.15) is 5.82 Å². The van der Waals surface area contributed by atoms with Crippen LogP contribution >= 0.6 is 0 Å². The number of para-hydroxylation sites is 1. The zero-order chi connectivity index (χ0) is 18.5. The Morgan fingerprint density at radius 1 is 1.15 bits per heavy atom. The topological polar surface area (TPSA) is 63.2 Å². The first-order chi connectivity index (χ1) is 12.7. The van der Waals surface area contributed by atoms with Crippen LogP contribution < -0.4 is 10.2 Å². The second-order valence-corrected chi connectivity index (χ2v) is 6.73. The van der Waals surface area contributed by atoms with Crippen LogP contribution in [0.2, 0.25) is 0 Å². The van der Waals surface area contributed by atoms with Crippen molar-refractivity contribution in [3.63, 3.8) is 0 Å². The van der Waals surface area contributed by atoms with Crippen LogP contribution in [0.1, 0.15) is 43.6 Å². The molecule has 0 aliphatic carbocycles. The molecule has 0 spiro atoms. The molecule has 1 aliphatic rings. The highest BCUT2D eigenvalue weighted by molar-refractivity contribution is 5.64. The first kappa shape index (κ1) is 18.6. The van der Waals surface area contributed by atoms with Gasteiger partial charge in [0.25, 0.3) is 0 Å². The maximum atomic E-state index is 5.37. The third-order valence-corrected chi connectivity index (χ3v) is 4.96. The van der Waals surface area contributed by atoms with Gasteiger partial charge in [0.05, 0.1) is 12.6 Å². The Kier molecular flexibility index (Phi) is 6.04. The SMILES string of the molecule is CCc1cccc(CC)c1Nc1nc(C)nc(N2CCCC2COC)n1. The van der Waals surface area contributed by atoms with E-state index in [1.165, 1.54) is 11.1 Å². The number of anilines is 3. The van der Waals surface area contributed by atoms with E-state index in [0.29, 0.717) is 18.6 Å². The molecule has 2 heterocycles. The van der Waals surface area contributed by atoms with Crippen molar-refractivity contribution >= 4 is 17.6 Å². The Bertz CT molecular complexity index is 727. The average Bonchev–Trinajstić information content (AvgIpc) is 3.10. The number of methoxy groups -OCH3 is 1. The molecule has 2 aromatic rings. The highest BCUT2D eigenvalue weighted by Gasteiger charge is 2.27. The van der Waals surface area contributed by atoms with Crippen molar-refractivity contribution in [3.05, 3.63) is 35.2 Å². The van der Waals surface area contributed by atoms with E-state index >= 15 is 0 Å². The van der Waals surface area contributed by atoms with E-state index in [-0.39, 0.29) is 0 Å². The first-order valence-electron chi connectivity index (χ1n) is 9.52. The zero-order valence-corrected chi connectivity index (χ0v) is 16.2. The summed E-state index contributed by atoms with van der Waals surface area (Å²) in [6.07, 6.45) is 4.18. The summed E-state index contributed by atoms with van der Waals surface area (Å²) in [5.74, 6) is 2.09. The van der Waals surface area contributed by atoms with Crippen molar-refractivity contribution in [3.8, 4) is 0 Å². The van der Waals surface area contributed by atoms with Crippen LogP contribution in [-0.2, 0) is 17.6 Å². The van der Waals surface area contributed by atoms with E-state index in [1.54, 1.807) is 7.11 Å². The average molecular weight is 355 g/mol. The van der Waals surface area contributed by atoms with Gasteiger partial charge < -0.3 is 15.0 Å². The van der Waals surface area contributed by atoms with E-state index in [2.05, 4.69) is 52.2 Å². The molecule has 1 atom stereocenters. The Morgan fingerprint density at radius 3 is 2.54 bits per heavy atom. The smallest absolute Gasteiger partial charge is 0.232 e. The van der Waals surface area contributed by atoms with E-state index in [4.69, 9.17) is 9.72 Å². The molecule has 1 aromatic carbocycles. The van der Waals surface area contributed by atoms with Crippen molar-refractivity contribution in [2.24, 2.45) is 0 Å². The Balaban J connectivity index is 1.92. The quantitative estimate of drug-likeness (QED) is 0.818. The fourth-order valence-electron chi connectivity index (χ4n) is 3.63. The number of ether oxygens (including phenoxy) is 1. The second-order valence-electron chi connectivity index (χ2n) is 6.73. The van der Waals surface area contributed by atoms with Gasteiger partial charge >= 0.3 is 0 Å². The summed E-state index contributed by atoms with van der Waals surface area (Å²) in [4.78, 5) is 16.1. The van der Waals surface area contributed by atoms with Gasteiger partial charge in [-0.2, -0.15) is 15.0 Å². The van der Waals surface area contributed by atoms with Crippen molar-refractivity contribution < 1.29 is 4.74 Å². The van der Waals surface area contributed by atoms with Gasteiger partial charge in [-0.1, -0.05) is 32.0 Å². The maximum absolute atomic E-state index is 5.37. The van der Waals surface area contributed by atoms with Gasteiger partial charge in [0.15, 0.2) is 0 Å². The van der Waals surface area contributed by atoms with Gasteiger partial charge in [0, 0.05) is 19.3 Å². The van der Waals surface area contributed by atoms with Crippen molar-refractivity contribution in [2.45, 2.75) is 52.5 Å². The largest absolute Gasteiger partial charge is 0.383 e. The summed E-state index contributed by atoms with van der Waals surface area (Å²) in [6.45, 7) is 7.92. The van der Waals surface area contributed by atoms with Crippen molar-refractivity contribution in [1.29, 1.82) is 0 Å². The van der Waals surface area contributed by atoms with E-state index in [0.717, 1.165) is 49.7 Å². The Morgan fingerprint density at radius 2 is 1.88 bits per heavy atom. The van der Waals surface area contributed by atoms with Gasteiger partial charge in [-0.3, -0.25) is 0 Å². The number of aromatic nitrogens is 3. The molecular formula is C20H29N5O. The summed E-state index contributed by atoms with van der Waals surface area (Å²) >= 11 is 0. The summed E-state index contributed by atoms with van der Waals surface area (Å²) in [6, 6.07) is 6.77. The maximum Gasteiger partial charge on any atom is 0.232 e. The predicted molar refractivity (Wildman–Crippen MR) is 105 cm³/mol. The van der Waals surface area contributed by atoms with Crippen molar-refractivity contribution in [1.82, 2.24) is 15.0 Å². The predicted octanol–water partition coefficient (Wildman–Crippen LogP) is 3.66. The lowest BCUT2D eigenvalue weighted by Gasteiger charge is -2.24. The van der Waals surface area contributed by atoms with E-state index < -0.39 is 0 Å². The van der Waals surface area contributed by atoms with Crippen LogP contribution in [0.15, 0.2) is 18.2 Å². The number of aryl methyl sites for hydroxylation is 3. The third kappa shape index (κ3) is 3.96. The minimum absolute atomic E-state index is 0.337. The van der Waals surface area contributed by atoms with Crippen LogP contribution in [0.3, 0.4) is 0 Å². The molecule has 3 rings (SSSR count). The summed E-state index contributed by atoms with van der Waals surface area (Å²) in [7, 11) is 1.75. The first-order valence-corrected chi connectivity index (χ1v) is 9.52. The number of rotatable bonds is 7. The van der Waals surface area contributed by atoms with Gasteiger partial charge in [0.2, 0.25) is 11.9 Å². The zero-order valence-electron chi connectivity index (χ0n) is 16.2. The van der Waals surface area contributed by atoms with Crippen LogP contribution in [0.5, 0.6) is 0 Å². The van der Waals surface area contributed by atoms with Gasteiger partial charge in [-0.05, 0) is 43.7 Å². The minimum atomic E-state index is 0.337. The van der Waals surface area contributed by atoms with Crippen LogP contribution in [-0.4, -0.2) is 41.3 Å². The number of nitrogens with zero attached hydrogens (tertiary/aromatic N) is 4. The standard InChI is InChI=1S/C20H29N5O/c1-5-15-9-7-10-16(6-2)18(15)23-19-21-14(3)22-20(24-19)25-12-8-11-17(25)13-26-4/h7,9-10,17H,5-6,8,11-13H2,1-4H3,(H,21,22,23,24). The molecular weight excluding hydrogens is 326 g/mol. The highest BCUT2D eigenvalue weighted by atomic mass is 16.5. The fraction of sp³-hybridized carbons (Fsp3) is 0.550. The van der Waals surface area contributed by atoms with Crippen LogP contribution in [0.25, 0.3) is 0 Å². The molecule has 0 saturated carbocycles. The Hall–Kier alpha value is -2.21. The van der Waals surface area contributed by atoms with Gasteiger partial charge in [-0.25, -0.2) is 0 Å². The van der Waals surface area contributed by atoms with E-state index in [9.17, 15) is 0 Å². The van der Waals surface area contributed by atoms with Crippen LogP contribution in [0.4, 0.5) is 17.6 Å². The molecule has 6 heteroatoms. The molecule has 0 amide bonds. The highest BCUT2D eigenvalue weighted by Crippen LogP contribution is 2.27. The second kappa shape index (κ2) is 8.45. The van der Waals surface area contributed by atoms with Crippen LogP contribution in [0, 0.1) is 6.92 Å². The molecule has 1 fully saturated rings. The van der Waals surface area contributed by atoms with E-state index in [1.807, 2.05) is 6.92 Å². The summed E-state index contributed by atoms with van der Waals surface area (Å²) in [5, 5.41) is 3.47. The third-order valence-electron chi connectivity index (χ3n) is 4.96. The molecule has 1 unspecified atom stereocenters. The molecule has 6 nitrogen and oxygen atoms in total. The lowest BCUT2D eigenvalue weighted by molar-refractivity contribution is 0.180. The molecule has 0 radical (unpaired) electrons. The fourth-order valence-corrected chi connectivity index (χ4v) is 3.63. The minimum Gasteiger partial charge on any atom is -0.383 e. The van der Waals surface area contributed by atoms with Gasteiger partial charge in [-0.15, -0.1) is 0 Å². The number of hydrogen-bond acceptors (Lipinski definition) is 6. The molecule has 140 valence electrons. The molecule has 26 heavy (non-hydrogen) atoms. The number of hydrogen-bond donors (Lipinski definition) is 1. The number of benzene rings is 1. The monoisotopic (exact) mass is 355 g/mol. The molecule has 1 aliphatic heterocycles. The lowest BCUT2D eigenvalue weighted by atomic mass is 10.0.